The number of fused-ring (bicyclic) bond motifs is 1. The topological polar surface area (TPSA) is 45.7 Å². The summed E-state index contributed by atoms with van der Waals surface area (Å²) in [6.07, 6.45) is 0. The van der Waals surface area contributed by atoms with Gasteiger partial charge in [-0.2, -0.15) is 0 Å². The predicted octanol–water partition coefficient (Wildman–Crippen LogP) is 4.94. The Labute approximate surface area is 182 Å². The fourth-order valence-corrected chi connectivity index (χ4v) is 4.12. The molecule has 0 aliphatic rings. The average Bonchev–Trinajstić information content (AvgIpc) is 3.04. The Bertz CT molecular complexity index is 967. The van der Waals surface area contributed by atoms with Crippen molar-refractivity contribution in [3.63, 3.8) is 0 Å². The summed E-state index contributed by atoms with van der Waals surface area (Å²) in [5, 5.41) is 0.717. The molecule has 2 aromatic carbocycles. The van der Waals surface area contributed by atoms with Crippen LogP contribution < -0.4 is 9.64 Å². The van der Waals surface area contributed by atoms with Crippen LogP contribution in [0.1, 0.15) is 28.4 Å². The second kappa shape index (κ2) is 10.1. The summed E-state index contributed by atoms with van der Waals surface area (Å²) in [6, 6.07) is 11.8. The Morgan fingerprint density at radius 1 is 1.07 bits per heavy atom. The third-order valence-corrected chi connectivity index (χ3v) is 5.42. The molecule has 3 rings (SSSR count). The van der Waals surface area contributed by atoms with Gasteiger partial charge in [-0.25, -0.2) is 4.98 Å². The molecule has 156 valence electrons. The van der Waals surface area contributed by atoms with Crippen molar-refractivity contribution in [1.82, 2.24) is 9.88 Å². The number of carbonyl (C=O) groups is 1. The maximum Gasteiger partial charge on any atom is 0.260 e. The molecular weight excluding hydrogens is 406 g/mol. The van der Waals surface area contributed by atoms with Gasteiger partial charge < -0.3 is 9.64 Å². The predicted molar refractivity (Wildman–Crippen MR) is 124 cm³/mol. The van der Waals surface area contributed by atoms with Crippen LogP contribution >= 0.6 is 23.7 Å². The summed E-state index contributed by atoms with van der Waals surface area (Å²) >= 11 is 1.52. The highest BCUT2D eigenvalue weighted by Gasteiger charge is 2.22. The van der Waals surface area contributed by atoms with Crippen molar-refractivity contribution in [1.29, 1.82) is 0 Å². The largest absolute Gasteiger partial charge is 0.494 e. The van der Waals surface area contributed by atoms with E-state index in [2.05, 4.69) is 11.0 Å². The molecule has 1 amide bonds. The van der Waals surface area contributed by atoms with Crippen molar-refractivity contribution in [2.75, 3.05) is 38.7 Å². The van der Waals surface area contributed by atoms with Crippen LogP contribution in [0.15, 0.2) is 36.4 Å². The molecule has 29 heavy (non-hydrogen) atoms. The lowest BCUT2D eigenvalue weighted by Crippen LogP contribution is -2.36. The van der Waals surface area contributed by atoms with Gasteiger partial charge in [-0.1, -0.05) is 28.5 Å². The third-order valence-electron chi connectivity index (χ3n) is 4.38. The Morgan fingerprint density at radius 3 is 2.38 bits per heavy atom. The molecule has 0 aliphatic heterocycles. The molecule has 3 aromatic rings. The number of anilines is 1. The second-order valence-corrected chi connectivity index (χ2v) is 8.20. The van der Waals surface area contributed by atoms with E-state index in [1.165, 1.54) is 11.3 Å². The molecular formula is C22H28ClN3O2S. The van der Waals surface area contributed by atoms with Crippen molar-refractivity contribution in [2.45, 2.75) is 20.8 Å². The molecule has 1 aromatic heterocycles. The lowest BCUT2D eigenvalue weighted by molar-refractivity contribution is 0.0985. The zero-order valence-electron chi connectivity index (χ0n) is 17.6. The molecule has 0 radical (unpaired) electrons. The van der Waals surface area contributed by atoms with Gasteiger partial charge in [-0.15, -0.1) is 12.4 Å². The molecule has 0 fully saturated rings. The van der Waals surface area contributed by atoms with E-state index in [0.717, 1.165) is 38.8 Å². The molecule has 0 N–H and O–H groups in total. The first-order valence-electron chi connectivity index (χ1n) is 9.45. The van der Waals surface area contributed by atoms with E-state index in [1.807, 2.05) is 65.2 Å². The summed E-state index contributed by atoms with van der Waals surface area (Å²) in [4.78, 5) is 22.0. The standard InChI is InChI=1S/C22H27N3O2S.ClH/c1-6-27-18-7-8-19-20(14-18)28-22(23-19)25(10-9-24(4)5)21(26)17-12-15(2)11-16(3)13-17;/h7-8,11-14H,6,9-10H2,1-5H3;1H. The lowest BCUT2D eigenvalue weighted by atomic mass is 10.1. The van der Waals surface area contributed by atoms with Crippen molar-refractivity contribution in [3.8, 4) is 5.75 Å². The number of halogens is 1. The highest BCUT2D eigenvalue weighted by atomic mass is 35.5. The van der Waals surface area contributed by atoms with Crippen molar-refractivity contribution in [3.05, 3.63) is 53.1 Å². The molecule has 7 heteroatoms. The van der Waals surface area contributed by atoms with Gasteiger partial charge in [-0.3, -0.25) is 9.69 Å². The third kappa shape index (κ3) is 5.69. The molecule has 0 bridgehead atoms. The van der Waals surface area contributed by atoms with Gasteiger partial charge in [0.25, 0.3) is 5.91 Å². The van der Waals surface area contributed by atoms with Crippen LogP contribution in [-0.2, 0) is 0 Å². The van der Waals surface area contributed by atoms with E-state index in [9.17, 15) is 4.79 Å². The summed E-state index contributed by atoms with van der Waals surface area (Å²) in [7, 11) is 4.01. The molecule has 0 saturated heterocycles. The number of hydrogen-bond donors (Lipinski definition) is 0. The van der Waals surface area contributed by atoms with E-state index in [-0.39, 0.29) is 18.3 Å². The van der Waals surface area contributed by atoms with Gasteiger partial charge in [0.2, 0.25) is 0 Å². The van der Waals surface area contributed by atoms with Crippen LogP contribution in [0.25, 0.3) is 10.2 Å². The highest BCUT2D eigenvalue weighted by molar-refractivity contribution is 7.22. The summed E-state index contributed by atoms with van der Waals surface area (Å²) in [5.74, 6) is 0.809. The highest BCUT2D eigenvalue weighted by Crippen LogP contribution is 2.32. The number of benzene rings is 2. The zero-order valence-corrected chi connectivity index (χ0v) is 19.2. The van der Waals surface area contributed by atoms with E-state index >= 15 is 0 Å². The molecule has 0 aliphatic carbocycles. The summed E-state index contributed by atoms with van der Waals surface area (Å²) in [6.45, 7) is 7.96. The Morgan fingerprint density at radius 2 is 1.76 bits per heavy atom. The van der Waals surface area contributed by atoms with Gasteiger partial charge in [0.15, 0.2) is 5.13 Å². The number of aromatic nitrogens is 1. The van der Waals surface area contributed by atoms with Gasteiger partial charge in [0.1, 0.15) is 5.75 Å². The first-order valence-corrected chi connectivity index (χ1v) is 10.3. The van der Waals surface area contributed by atoms with E-state index in [4.69, 9.17) is 9.72 Å². The first-order chi connectivity index (χ1) is 13.4. The van der Waals surface area contributed by atoms with Gasteiger partial charge >= 0.3 is 0 Å². The van der Waals surface area contributed by atoms with Crippen LogP contribution in [0.3, 0.4) is 0 Å². The Balaban J connectivity index is 0.00000300. The number of amides is 1. The van der Waals surface area contributed by atoms with Crippen LogP contribution in [0.5, 0.6) is 5.75 Å². The van der Waals surface area contributed by atoms with E-state index in [1.54, 1.807) is 4.90 Å². The van der Waals surface area contributed by atoms with Crippen LogP contribution in [0.2, 0.25) is 0 Å². The SMILES string of the molecule is CCOc1ccc2nc(N(CCN(C)C)C(=O)c3cc(C)cc(C)c3)sc2c1.Cl. The molecule has 1 heterocycles. The van der Waals surface area contributed by atoms with Gasteiger partial charge in [0, 0.05) is 18.7 Å². The molecule has 0 unspecified atom stereocenters. The van der Waals surface area contributed by atoms with Gasteiger partial charge in [-0.05, 0) is 65.2 Å². The molecule has 0 atom stereocenters. The molecule has 0 saturated carbocycles. The van der Waals surface area contributed by atoms with Crippen molar-refractivity contribution >= 4 is 45.0 Å². The second-order valence-electron chi connectivity index (χ2n) is 7.20. The lowest BCUT2D eigenvalue weighted by Gasteiger charge is -2.22. The number of ether oxygens (including phenoxy) is 1. The minimum atomic E-state index is -0.0160. The number of aryl methyl sites for hydroxylation is 2. The fourth-order valence-electron chi connectivity index (χ4n) is 3.10. The Kier molecular flexibility index (Phi) is 8.02. The summed E-state index contributed by atoms with van der Waals surface area (Å²) in [5.41, 5.74) is 3.75. The van der Waals surface area contributed by atoms with Crippen LogP contribution in [0.4, 0.5) is 5.13 Å². The maximum absolute atomic E-state index is 13.4. The van der Waals surface area contributed by atoms with E-state index in [0.29, 0.717) is 18.7 Å². The number of likely N-dealkylation sites (N-methyl/N-ethyl adjacent to an activating group) is 1. The van der Waals surface area contributed by atoms with Gasteiger partial charge in [0.05, 0.1) is 16.8 Å². The van der Waals surface area contributed by atoms with E-state index < -0.39 is 0 Å². The molecule has 5 nitrogen and oxygen atoms in total. The number of nitrogens with zero attached hydrogens (tertiary/aromatic N) is 3. The van der Waals surface area contributed by atoms with Crippen LogP contribution in [0, 0.1) is 13.8 Å². The Hall–Kier alpha value is -2.15. The number of rotatable bonds is 7. The monoisotopic (exact) mass is 433 g/mol. The number of thiazole rings is 1. The normalized spacial score (nSPS) is 10.8. The van der Waals surface area contributed by atoms with Crippen molar-refractivity contribution in [2.24, 2.45) is 0 Å². The number of carbonyl (C=O) groups excluding carboxylic acids is 1. The first kappa shape index (κ1) is 23.1. The zero-order chi connectivity index (χ0) is 20.3. The smallest absolute Gasteiger partial charge is 0.260 e. The molecule has 0 spiro atoms. The minimum Gasteiger partial charge on any atom is -0.494 e. The number of hydrogen-bond acceptors (Lipinski definition) is 5. The fraction of sp³-hybridized carbons (Fsp3) is 0.364. The maximum atomic E-state index is 13.4. The average molecular weight is 434 g/mol. The summed E-state index contributed by atoms with van der Waals surface area (Å²) < 4.78 is 6.62. The van der Waals surface area contributed by atoms with Crippen molar-refractivity contribution < 1.29 is 9.53 Å². The quantitative estimate of drug-likeness (QED) is 0.529. The van der Waals surface area contributed by atoms with Crippen LogP contribution in [-0.4, -0.2) is 49.6 Å². The minimum absolute atomic E-state index is 0.